The van der Waals surface area contributed by atoms with Gasteiger partial charge in [-0.05, 0) is 41.4 Å². The molecule has 9 heteroatoms. The highest BCUT2D eigenvalue weighted by Crippen LogP contribution is 2.25. The van der Waals surface area contributed by atoms with Gasteiger partial charge in [-0.1, -0.05) is 30.3 Å². The number of pyridine rings is 1. The van der Waals surface area contributed by atoms with Gasteiger partial charge in [-0.3, -0.25) is 9.20 Å². The zero-order chi connectivity index (χ0) is 20.3. The van der Waals surface area contributed by atoms with Gasteiger partial charge in [0.1, 0.15) is 6.04 Å². The number of hydrogen-bond acceptors (Lipinski definition) is 6. The number of nitrogens with two attached hydrogens (primary N) is 1. The Morgan fingerprint density at radius 2 is 2.07 bits per heavy atom. The first kappa shape index (κ1) is 20.2. The molecular formula is C19H22BrN5O3. The lowest BCUT2D eigenvalue weighted by Gasteiger charge is -2.23. The molecular weight excluding hydrogens is 426 g/mol. The van der Waals surface area contributed by atoms with Crippen molar-refractivity contribution in [3.05, 3.63) is 58.5 Å². The Morgan fingerprint density at radius 3 is 2.75 bits per heavy atom. The number of carbonyl (C=O) groups is 1. The molecule has 0 saturated heterocycles. The van der Waals surface area contributed by atoms with Crippen molar-refractivity contribution >= 4 is 27.5 Å². The number of rotatable bonds is 7. The fourth-order valence-corrected chi connectivity index (χ4v) is 3.01. The summed E-state index contributed by atoms with van der Waals surface area (Å²) in [6, 6.07) is 10.6. The van der Waals surface area contributed by atoms with E-state index < -0.39 is 11.6 Å². The fraction of sp³-hybridized carbons (Fsp3) is 0.316. The van der Waals surface area contributed by atoms with Crippen molar-refractivity contribution in [2.24, 2.45) is 5.73 Å². The molecule has 148 valence electrons. The summed E-state index contributed by atoms with van der Waals surface area (Å²) in [5.41, 5.74) is 6.15. The lowest BCUT2D eigenvalue weighted by Crippen LogP contribution is -2.50. The van der Waals surface area contributed by atoms with E-state index in [4.69, 9.17) is 10.5 Å². The van der Waals surface area contributed by atoms with E-state index in [0.717, 1.165) is 5.56 Å². The van der Waals surface area contributed by atoms with Crippen LogP contribution in [0.15, 0.2) is 47.1 Å². The number of halogens is 1. The molecule has 0 aliphatic carbocycles. The summed E-state index contributed by atoms with van der Waals surface area (Å²) in [6.45, 7) is 3.78. The van der Waals surface area contributed by atoms with E-state index in [2.05, 4.69) is 31.4 Å². The molecule has 0 aliphatic rings. The van der Waals surface area contributed by atoms with Crippen LogP contribution in [0.1, 0.15) is 31.3 Å². The van der Waals surface area contributed by atoms with Crippen LogP contribution in [0.3, 0.4) is 0 Å². The molecule has 0 bridgehead atoms. The first-order chi connectivity index (χ1) is 13.3. The van der Waals surface area contributed by atoms with E-state index in [1.54, 1.807) is 24.4 Å². The van der Waals surface area contributed by atoms with Gasteiger partial charge in [0, 0.05) is 10.7 Å². The molecule has 4 N–H and O–H groups in total. The molecule has 0 saturated carbocycles. The SMILES string of the molecule is CC(C)(N)C(=O)N[C@H](COCc1ccccc1)c1nnc2c(O)cc(Br)cn12. The average Bonchev–Trinajstić information content (AvgIpc) is 3.05. The number of aromatic hydroxyl groups is 1. The van der Waals surface area contributed by atoms with Crippen LogP contribution in [0.4, 0.5) is 0 Å². The normalized spacial score (nSPS) is 12.9. The summed E-state index contributed by atoms with van der Waals surface area (Å²) in [5, 5.41) is 21.1. The second kappa shape index (κ2) is 8.26. The number of nitrogens with zero attached hydrogens (tertiary/aromatic N) is 3. The number of hydrogen-bond donors (Lipinski definition) is 3. The van der Waals surface area contributed by atoms with Crippen LogP contribution in [-0.4, -0.2) is 37.8 Å². The summed E-state index contributed by atoms with van der Waals surface area (Å²) in [4.78, 5) is 12.5. The Morgan fingerprint density at radius 1 is 1.36 bits per heavy atom. The van der Waals surface area contributed by atoms with Crippen LogP contribution in [0, 0.1) is 0 Å². The number of aromatic nitrogens is 3. The molecule has 2 heterocycles. The van der Waals surface area contributed by atoms with Crippen LogP contribution >= 0.6 is 15.9 Å². The summed E-state index contributed by atoms with van der Waals surface area (Å²) < 4.78 is 8.07. The maximum Gasteiger partial charge on any atom is 0.240 e. The quantitative estimate of drug-likeness (QED) is 0.511. The Balaban J connectivity index is 1.86. The maximum atomic E-state index is 12.5. The number of carbonyl (C=O) groups excluding carboxylic acids is 1. The highest BCUT2D eigenvalue weighted by atomic mass is 79.9. The molecule has 3 aromatic rings. The zero-order valence-electron chi connectivity index (χ0n) is 15.6. The van der Waals surface area contributed by atoms with Gasteiger partial charge in [0.15, 0.2) is 11.6 Å². The topological polar surface area (TPSA) is 115 Å². The first-order valence-electron chi connectivity index (χ1n) is 8.70. The number of fused-ring (bicyclic) bond motifs is 1. The lowest BCUT2D eigenvalue weighted by molar-refractivity contribution is -0.126. The number of benzene rings is 1. The Labute approximate surface area is 170 Å². The first-order valence-corrected chi connectivity index (χ1v) is 9.49. The van der Waals surface area contributed by atoms with Gasteiger partial charge in [-0.2, -0.15) is 0 Å². The fourth-order valence-electron chi connectivity index (χ4n) is 2.59. The minimum Gasteiger partial charge on any atom is -0.504 e. The Kier molecular flexibility index (Phi) is 5.97. The standard InChI is InChI=1S/C19H22BrN5O3/c1-19(2,21)18(27)22-14(11-28-10-12-6-4-3-5-7-12)16-23-24-17-15(26)8-13(20)9-25(16)17/h3-9,14,26H,10-11,21H2,1-2H3,(H,22,27)/t14-/m1/s1. The monoisotopic (exact) mass is 447 g/mol. The third-order valence-corrected chi connectivity index (χ3v) is 4.51. The highest BCUT2D eigenvalue weighted by Gasteiger charge is 2.28. The summed E-state index contributed by atoms with van der Waals surface area (Å²) in [6.07, 6.45) is 1.72. The molecule has 3 rings (SSSR count). The largest absolute Gasteiger partial charge is 0.504 e. The number of nitrogens with one attached hydrogen (secondary N) is 1. The smallest absolute Gasteiger partial charge is 0.240 e. The zero-order valence-corrected chi connectivity index (χ0v) is 17.2. The second-order valence-corrected chi connectivity index (χ2v) is 7.96. The molecule has 1 atom stereocenters. The van der Waals surface area contributed by atoms with E-state index in [0.29, 0.717) is 16.9 Å². The maximum absolute atomic E-state index is 12.5. The van der Waals surface area contributed by atoms with E-state index >= 15 is 0 Å². The average molecular weight is 448 g/mol. The summed E-state index contributed by atoms with van der Waals surface area (Å²) in [5.74, 6) is 0.0524. The molecule has 0 unspecified atom stereocenters. The number of ether oxygens (including phenoxy) is 1. The Bertz CT molecular complexity index is 969. The molecule has 2 aromatic heterocycles. The van der Waals surface area contributed by atoms with Gasteiger partial charge in [-0.15, -0.1) is 10.2 Å². The Hall–Kier alpha value is -2.49. The molecule has 0 fully saturated rings. The van der Waals surface area contributed by atoms with E-state index in [1.165, 1.54) is 6.07 Å². The number of amides is 1. The third-order valence-electron chi connectivity index (χ3n) is 4.08. The lowest BCUT2D eigenvalue weighted by atomic mass is 10.1. The van der Waals surface area contributed by atoms with Gasteiger partial charge >= 0.3 is 0 Å². The van der Waals surface area contributed by atoms with Crippen LogP contribution in [-0.2, 0) is 16.1 Å². The predicted octanol–water partition coefficient (Wildman–Crippen LogP) is 2.31. The van der Waals surface area contributed by atoms with Gasteiger partial charge < -0.3 is 20.9 Å². The second-order valence-electron chi connectivity index (χ2n) is 7.04. The van der Waals surface area contributed by atoms with E-state index in [-0.39, 0.29) is 23.9 Å². The van der Waals surface area contributed by atoms with Crippen molar-refractivity contribution in [3.8, 4) is 5.75 Å². The summed E-state index contributed by atoms with van der Waals surface area (Å²) in [7, 11) is 0. The minimum atomic E-state index is -1.07. The predicted molar refractivity (Wildman–Crippen MR) is 108 cm³/mol. The van der Waals surface area contributed by atoms with Crippen molar-refractivity contribution < 1.29 is 14.6 Å². The van der Waals surface area contributed by atoms with Crippen molar-refractivity contribution in [3.63, 3.8) is 0 Å². The van der Waals surface area contributed by atoms with E-state index in [1.807, 2.05) is 30.3 Å². The molecule has 1 amide bonds. The van der Waals surface area contributed by atoms with Gasteiger partial charge in [0.05, 0.1) is 18.8 Å². The summed E-state index contributed by atoms with van der Waals surface area (Å²) >= 11 is 3.34. The molecule has 1 aromatic carbocycles. The molecule has 0 radical (unpaired) electrons. The molecule has 28 heavy (non-hydrogen) atoms. The third kappa shape index (κ3) is 4.67. The van der Waals surface area contributed by atoms with Crippen LogP contribution in [0.2, 0.25) is 0 Å². The molecule has 8 nitrogen and oxygen atoms in total. The van der Waals surface area contributed by atoms with Crippen molar-refractivity contribution in [2.45, 2.75) is 32.0 Å². The van der Waals surface area contributed by atoms with E-state index in [9.17, 15) is 9.90 Å². The van der Waals surface area contributed by atoms with Crippen LogP contribution in [0.5, 0.6) is 5.75 Å². The van der Waals surface area contributed by atoms with Gasteiger partial charge in [0.2, 0.25) is 11.6 Å². The minimum absolute atomic E-state index is 0.0254. The van der Waals surface area contributed by atoms with Gasteiger partial charge in [0.25, 0.3) is 0 Å². The van der Waals surface area contributed by atoms with Crippen molar-refractivity contribution in [1.29, 1.82) is 0 Å². The van der Waals surface area contributed by atoms with Gasteiger partial charge in [-0.25, -0.2) is 0 Å². The van der Waals surface area contributed by atoms with Crippen LogP contribution in [0.25, 0.3) is 5.65 Å². The van der Waals surface area contributed by atoms with Crippen molar-refractivity contribution in [1.82, 2.24) is 19.9 Å². The van der Waals surface area contributed by atoms with Crippen molar-refractivity contribution in [2.75, 3.05) is 6.61 Å². The molecule has 0 spiro atoms. The molecule has 0 aliphatic heterocycles. The highest BCUT2D eigenvalue weighted by molar-refractivity contribution is 9.10. The van der Waals surface area contributed by atoms with Crippen LogP contribution < -0.4 is 11.1 Å².